The van der Waals surface area contributed by atoms with Gasteiger partial charge in [0.05, 0.1) is 6.61 Å². The van der Waals surface area contributed by atoms with Crippen molar-refractivity contribution in [1.29, 1.82) is 0 Å². The van der Waals surface area contributed by atoms with Crippen molar-refractivity contribution in [2.24, 2.45) is 5.92 Å². The summed E-state index contributed by atoms with van der Waals surface area (Å²) in [5.41, 5.74) is 5.81. The van der Waals surface area contributed by atoms with Gasteiger partial charge in [-0.2, -0.15) is 0 Å². The summed E-state index contributed by atoms with van der Waals surface area (Å²) in [5.74, 6) is 1.72. The number of ether oxygens (including phenoxy) is 1. The predicted molar refractivity (Wildman–Crippen MR) is 84.8 cm³/mol. The van der Waals surface area contributed by atoms with Crippen LogP contribution in [-0.2, 0) is 19.3 Å². The van der Waals surface area contributed by atoms with Crippen molar-refractivity contribution in [3.8, 4) is 5.75 Å². The van der Waals surface area contributed by atoms with E-state index < -0.39 is 0 Å². The maximum Gasteiger partial charge on any atom is 0.122 e. The summed E-state index contributed by atoms with van der Waals surface area (Å²) >= 11 is 0. The molecule has 0 aromatic heterocycles. The summed E-state index contributed by atoms with van der Waals surface area (Å²) in [7, 11) is 2.08. The zero-order valence-corrected chi connectivity index (χ0v) is 12.4. The van der Waals surface area contributed by atoms with Gasteiger partial charge in [-0.1, -0.05) is 36.4 Å². The van der Waals surface area contributed by atoms with E-state index in [1.807, 2.05) is 0 Å². The zero-order valence-electron chi connectivity index (χ0n) is 12.4. The van der Waals surface area contributed by atoms with Crippen LogP contribution in [0, 0.1) is 5.92 Å². The van der Waals surface area contributed by atoms with Crippen LogP contribution in [0.4, 0.5) is 0 Å². The van der Waals surface area contributed by atoms with E-state index in [0.29, 0.717) is 12.0 Å². The minimum absolute atomic E-state index is 0.420. The van der Waals surface area contributed by atoms with Gasteiger partial charge in [-0.3, -0.25) is 0 Å². The molecule has 2 heteroatoms. The van der Waals surface area contributed by atoms with Crippen molar-refractivity contribution >= 4 is 0 Å². The van der Waals surface area contributed by atoms with Crippen LogP contribution in [0.25, 0.3) is 0 Å². The molecule has 0 spiro atoms. The van der Waals surface area contributed by atoms with E-state index >= 15 is 0 Å². The van der Waals surface area contributed by atoms with E-state index in [4.69, 9.17) is 4.74 Å². The fourth-order valence-corrected chi connectivity index (χ4v) is 3.90. The van der Waals surface area contributed by atoms with Crippen LogP contribution in [0.15, 0.2) is 42.5 Å². The molecular formula is C19H21NO. The SMILES string of the molecule is CNC(c1ccc2c(c1)CCO2)C1Cc2ccccc2C1. The molecule has 0 radical (unpaired) electrons. The number of hydrogen-bond donors (Lipinski definition) is 1. The third-order valence-corrected chi connectivity index (χ3v) is 4.94. The Morgan fingerprint density at radius 3 is 2.52 bits per heavy atom. The molecule has 108 valence electrons. The lowest BCUT2D eigenvalue weighted by Gasteiger charge is -2.24. The largest absolute Gasteiger partial charge is 0.493 e. The second kappa shape index (κ2) is 5.19. The minimum atomic E-state index is 0.420. The molecule has 1 heterocycles. The Hall–Kier alpha value is -1.80. The van der Waals surface area contributed by atoms with E-state index in [0.717, 1.165) is 18.8 Å². The fraction of sp³-hybridized carbons (Fsp3) is 0.368. The summed E-state index contributed by atoms with van der Waals surface area (Å²) in [6.45, 7) is 0.831. The van der Waals surface area contributed by atoms with Gasteiger partial charge in [0.1, 0.15) is 5.75 Å². The van der Waals surface area contributed by atoms with Crippen molar-refractivity contribution in [3.05, 3.63) is 64.7 Å². The molecule has 0 saturated carbocycles. The predicted octanol–water partition coefficient (Wildman–Crippen LogP) is 3.30. The number of benzene rings is 2. The lowest BCUT2D eigenvalue weighted by Crippen LogP contribution is -2.25. The van der Waals surface area contributed by atoms with Gasteiger partial charge in [-0.15, -0.1) is 0 Å². The van der Waals surface area contributed by atoms with E-state index in [9.17, 15) is 0 Å². The zero-order chi connectivity index (χ0) is 14.2. The Morgan fingerprint density at radius 1 is 1.05 bits per heavy atom. The van der Waals surface area contributed by atoms with Crippen LogP contribution in [0.3, 0.4) is 0 Å². The lowest BCUT2D eigenvalue weighted by atomic mass is 9.89. The average Bonchev–Trinajstić information content (AvgIpc) is 3.13. The highest BCUT2D eigenvalue weighted by Crippen LogP contribution is 2.37. The fourth-order valence-electron chi connectivity index (χ4n) is 3.90. The molecule has 0 fully saturated rings. The molecule has 1 aliphatic carbocycles. The molecule has 0 amide bonds. The maximum absolute atomic E-state index is 5.62. The Morgan fingerprint density at radius 2 is 1.81 bits per heavy atom. The number of nitrogens with one attached hydrogen (secondary N) is 1. The second-order valence-corrected chi connectivity index (χ2v) is 6.17. The molecule has 2 aromatic carbocycles. The van der Waals surface area contributed by atoms with Crippen molar-refractivity contribution in [2.75, 3.05) is 13.7 Å². The molecule has 21 heavy (non-hydrogen) atoms. The normalized spacial score (nSPS) is 18.1. The molecular weight excluding hydrogens is 258 g/mol. The van der Waals surface area contributed by atoms with Gasteiger partial charge in [-0.25, -0.2) is 0 Å². The first kappa shape index (κ1) is 12.9. The Kier molecular flexibility index (Phi) is 3.19. The first-order valence-electron chi connectivity index (χ1n) is 7.85. The quantitative estimate of drug-likeness (QED) is 0.931. The minimum Gasteiger partial charge on any atom is -0.493 e. The monoisotopic (exact) mass is 279 g/mol. The van der Waals surface area contributed by atoms with Crippen LogP contribution < -0.4 is 10.1 Å². The maximum atomic E-state index is 5.62. The van der Waals surface area contributed by atoms with E-state index in [2.05, 4.69) is 54.8 Å². The number of hydrogen-bond acceptors (Lipinski definition) is 2. The van der Waals surface area contributed by atoms with E-state index in [1.54, 1.807) is 0 Å². The Bertz CT molecular complexity index is 639. The van der Waals surface area contributed by atoms with Gasteiger partial charge in [0, 0.05) is 12.5 Å². The third-order valence-electron chi connectivity index (χ3n) is 4.94. The highest BCUT2D eigenvalue weighted by atomic mass is 16.5. The molecule has 4 rings (SSSR count). The molecule has 2 nitrogen and oxygen atoms in total. The molecule has 0 saturated heterocycles. The summed E-state index contributed by atoms with van der Waals surface area (Å²) in [5, 5.41) is 3.55. The molecule has 0 bridgehead atoms. The molecule has 2 aromatic rings. The van der Waals surface area contributed by atoms with E-state index in [1.165, 1.54) is 35.1 Å². The van der Waals surface area contributed by atoms with Gasteiger partial charge >= 0.3 is 0 Å². The van der Waals surface area contributed by atoms with Gasteiger partial charge < -0.3 is 10.1 Å². The van der Waals surface area contributed by atoms with Gasteiger partial charge in [-0.05, 0) is 54.1 Å². The average molecular weight is 279 g/mol. The van der Waals surface area contributed by atoms with Crippen molar-refractivity contribution in [1.82, 2.24) is 5.32 Å². The Labute approximate surface area is 126 Å². The smallest absolute Gasteiger partial charge is 0.122 e. The topological polar surface area (TPSA) is 21.3 Å². The van der Waals surface area contributed by atoms with Crippen LogP contribution in [-0.4, -0.2) is 13.7 Å². The highest BCUT2D eigenvalue weighted by molar-refractivity contribution is 5.42. The first-order valence-corrected chi connectivity index (χ1v) is 7.85. The molecule has 1 atom stereocenters. The highest BCUT2D eigenvalue weighted by Gasteiger charge is 2.29. The van der Waals surface area contributed by atoms with Gasteiger partial charge in [0.2, 0.25) is 0 Å². The first-order chi connectivity index (χ1) is 10.3. The van der Waals surface area contributed by atoms with Crippen molar-refractivity contribution in [3.63, 3.8) is 0 Å². The van der Waals surface area contributed by atoms with E-state index in [-0.39, 0.29) is 0 Å². The lowest BCUT2D eigenvalue weighted by molar-refractivity contribution is 0.356. The van der Waals surface area contributed by atoms with Crippen LogP contribution in [0.1, 0.15) is 28.3 Å². The summed E-state index contributed by atoms with van der Waals surface area (Å²) in [6.07, 6.45) is 3.40. The van der Waals surface area contributed by atoms with Crippen LogP contribution in [0.2, 0.25) is 0 Å². The molecule has 1 unspecified atom stereocenters. The van der Waals surface area contributed by atoms with Gasteiger partial charge in [0.15, 0.2) is 0 Å². The third kappa shape index (κ3) is 2.24. The molecule has 1 aliphatic heterocycles. The molecule has 2 aliphatic rings. The van der Waals surface area contributed by atoms with Crippen LogP contribution in [0.5, 0.6) is 5.75 Å². The van der Waals surface area contributed by atoms with Crippen LogP contribution >= 0.6 is 0 Å². The number of fused-ring (bicyclic) bond motifs is 2. The summed E-state index contributed by atoms with van der Waals surface area (Å²) in [4.78, 5) is 0. The van der Waals surface area contributed by atoms with Crippen molar-refractivity contribution in [2.45, 2.75) is 25.3 Å². The molecule has 1 N–H and O–H groups in total. The number of rotatable bonds is 3. The summed E-state index contributed by atoms with van der Waals surface area (Å²) in [6, 6.07) is 16.0. The second-order valence-electron chi connectivity index (χ2n) is 6.17. The van der Waals surface area contributed by atoms with Gasteiger partial charge in [0.25, 0.3) is 0 Å². The standard InChI is InChI=1S/C19H21NO/c1-20-19(16-6-7-18-15(12-16)8-9-21-18)17-10-13-4-2-3-5-14(13)11-17/h2-7,12,17,19-20H,8-11H2,1H3. The Balaban J connectivity index is 1.61. The summed E-state index contributed by atoms with van der Waals surface area (Å²) < 4.78 is 5.62. The van der Waals surface area contributed by atoms with Crippen molar-refractivity contribution < 1.29 is 4.74 Å².